The van der Waals surface area contributed by atoms with Gasteiger partial charge >= 0.3 is 5.97 Å². The summed E-state index contributed by atoms with van der Waals surface area (Å²) in [5.41, 5.74) is 1.13. The molecule has 0 radical (unpaired) electrons. The first kappa shape index (κ1) is 14.4. The van der Waals surface area contributed by atoms with Gasteiger partial charge in [-0.3, -0.25) is 4.79 Å². The molecule has 1 amide bonds. The van der Waals surface area contributed by atoms with E-state index in [1.165, 1.54) is 0 Å². The molecule has 20 heavy (non-hydrogen) atoms. The Morgan fingerprint density at radius 1 is 1.45 bits per heavy atom. The van der Waals surface area contributed by atoms with Crippen molar-refractivity contribution in [1.29, 1.82) is 0 Å². The van der Waals surface area contributed by atoms with Gasteiger partial charge in [-0.2, -0.15) is 0 Å². The fourth-order valence-corrected chi connectivity index (χ4v) is 2.03. The molecule has 2 rings (SSSR count). The maximum Gasteiger partial charge on any atom is 0.326 e. The van der Waals surface area contributed by atoms with Crippen LogP contribution in [0.2, 0.25) is 0 Å². The van der Waals surface area contributed by atoms with Gasteiger partial charge < -0.3 is 15.2 Å². The molecule has 1 aromatic carbocycles. The second-order valence-corrected chi connectivity index (χ2v) is 5.01. The molecule has 0 bridgehead atoms. The smallest absolute Gasteiger partial charge is 0.326 e. The number of carboxylic acids is 1. The van der Waals surface area contributed by atoms with Gasteiger partial charge in [-0.1, -0.05) is 19.1 Å². The van der Waals surface area contributed by atoms with E-state index in [1.807, 2.05) is 25.1 Å². The summed E-state index contributed by atoms with van der Waals surface area (Å²) in [5, 5.41) is 11.5. The van der Waals surface area contributed by atoms with Crippen LogP contribution >= 0.6 is 0 Å². The van der Waals surface area contributed by atoms with Crippen LogP contribution in [-0.2, 0) is 16.0 Å². The zero-order valence-corrected chi connectivity index (χ0v) is 11.5. The minimum atomic E-state index is -0.978. The number of nitrogens with one attached hydrogen (secondary N) is 1. The summed E-state index contributed by atoms with van der Waals surface area (Å²) >= 11 is 0. The fraction of sp³-hybridized carbons (Fsp3) is 0.467. The number of carbonyl (C=O) groups excluding carboxylic acids is 1. The Morgan fingerprint density at radius 2 is 2.20 bits per heavy atom. The summed E-state index contributed by atoms with van der Waals surface area (Å²) in [5.74, 6) is -0.683. The number of benzene rings is 1. The number of carboxylic acid groups (broad SMARTS) is 1. The number of rotatable bonds is 7. The average molecular weight is 277 g/mol. The first-order valence-electron chi connectivity index (χ1n) is 6.84. The molecule has 1 saturated carbocycles. The SMILES string of the molecule is CCc1cccc(OCC(=O)NC(C(=O)O)C2CC2)c1. The zero-order valence-electron chi connectivity index (χ0n) is 11.5. The lowest BCUT2D eigenvalue weighted by atomic mass is 10.2. The molecule has 0 aliphatic heterocycles. The number of hydrogen-bond donors (Lipinski definition) is 2. The molecular formula is C15H19NO4. The average Bonchev–Trinajstić information content (AvgIpc) is 3.27. The van der Waals surface area contributed by atoms with Crippen molar-refractivity contribution in [2.45, 2.75) is 32.2 Å². The van der Waals surface area contributed by atoms with E-state index in [2.05, 4.69) is 5.32 Å². The Balaban J connectivity index is 1.83. The lowest BCUT2D eigenvalue weighted by Crippen LogP contribution is -2.44. The standard InChI is InChI=1S/C15H19NO4/c1-2-10-4-3-5-12(8-10)20-9-13(17)16-14(15(18)19)11-6-7-11/h3-5,8,11,14H,2,6-7,9H2,1H3,(H,16,17)(H,18,19). The fourth-order valence-electron chi connectivity index (χ4n) is 2.03. The third-order valence-corrected chi connectivity index (χ3v) is 3.35. The van der Waals surface area contributed by atoms with Gasteiger partial charge in [0.05, 0.1) is 0 Å². The van der Waals surface area contributed by atoms with E-state index < -0.39 is 17.9 Å². The van der Waals surface area contributed by atoms with E-state index in [9.17, 15) is 9.59 Å². The van der Waals surface area contributed by atoms with Crippen molar-refractivity contribution in [3.05, 3.63) is 29.8 Å². The van der Waals surface area contributed by atoms with Crippen molar-refractivity contribution < 1.29 is 19.4 Å². The number of hydrogen-bond acceptors (Lipinski definition) is 3. The van der Waals surface area contributed by atoms with Crippen LogP contribution in [0.5, 0.6) is 5.75 Å². The van der Waals surface area contributed by atoms with Crippen molar-refractivity contribution in [1.82, 2.24) is 5.32 Å². The van der Waals surface area contributed by atoms with Crippen molar-refractivity contribution in [2.75, 3.05) is 6.61 Å². The Kier molecular flexibility index (Phi) is 4.61. The third kappa shape index (κ3) is 3.98. The van der Waals surface area contributed by atoms with Crippen LogP contribution in [0.3, 0.4) is 0 Å². The first-order valence-corrected chi connectivity index (χ1v) is 6.84. The van der Waals surface area contributed by atoms with Crippen molar-refractivity contribution in [2.24, 2.45) is 5.92 Å². The van der Waals surface area contributed by atoms with Gasteiger partial charge in [0.15, 0.2) is 6.61 Å². The lowest BCUT2D eigenvalue weighted by molar-refractivity contribution is -0.142. The zero-order chi connectivity index (χ0) is 14.5. The molecule has 1 aliphatic carbocycles. The maximum absolute atomic E-state index is 11.7. The predicted octanol–water partition coefficient (Wildman–Crippen LogP) is 1.61. The number of aliphatic carboxylic acids is 1. The van der Waals surface area contributed by atoms with Gasteiger partial charge in [-0.05, 0) is 42.9 Å². The topological polar surface area (TPSA) is 75.6 Å². The molecule has 5 heteroatoms. The van der Waals surface area contributed by atoms with Gasteiger partial charge in [0, 0.05) is 0 Å². The predicted molar refractivity (Wildman–Crippen MR) is 73.6 cm³/mol. The van der Waals surface area contributed by atoms with E-state index in [4.69, 9.17) is 9.84 Å². The van der Waals surface area contributed by atoms with Gasteiger partial charge in [0.2, 0.25) is 0 Å². The van der Waals surface area contributed by atoms with Crippen molar-refractivity contribution >= 4 is 11.9 Å². The van der Waals surface area contributed by atoms with Crippen LogP contribution in [0, 0.1) is 5.92 Å². The Labute approximate surface area is 117 Å². The van der Waals surface area contributed by atoms with Crippen LogP contribution < -0.4 is 10.1 Å². The van der Waals surface area contributed by atoms with E-state index in [0.717, 1.165) is 24.8 Å². The maximum atomic E-state index is 11.7. The summed E-state index contributed by atoms with van der Waals surface area (Å²) in [6.45, 7) is 1.88. The molecule has 1 unspecified atom stereocenters. The lowest BCUT2D eigenvalue weighted by Gasteiger charge is -2.14. The number of amides is 1. The van der Waals surface area contributed by atoms with Gasteiger partial charge in [-0.15, -0.1) is 0 Å². The molecule has 2 N–H and O–H groups in total. The highest BCUT2D eigenvalue weighted by molar-refractivity contribution is 5.84. The van der Waals surface area contributed by atoms with E-state index in [0.29, 0.717) is 5.75 Å². The van der Waals surface area contributed by atoms with Gasteiger partial charge in [-0.25, -0.2) is 4.79 Å². The Bertz CT molecular complexity index is 496. The van der Waals surface area contributed by atoms with Crippen LogP contribution in [-0.4, -0.2) is 29.6 Å². The van der Waals surface area contributed by atoms with Gasteiger partial charge in [0.25, 0.3) is 5.91 Å². The van der Waals surface area contributed by atoms with Crippen LogP contribution in [0.15, 0.2) is 24.3 Å². The molecule has 0 aromatic heterocycles. The van der Waals surface area contributed by atoms with Crippen LogP contribution in [0.25, 0.3) is 0 Å². The summed E-state index contributed by atoms with van der Waals surface area (Å²) in [6.07, 6.45) is 2.61. The molecule has 0 heterocycles. The van der Waals surface area contributed by atoms with Crippen LogP contribution in [0.4, 0.5) is 0 Å². The highest BCUT2D eigenvalue weighted by Gasteiger charge is 2.37. The highest BCUT2D eigenvalue weighted by atomic mass is 16.5. The Morgan fingerprint density at radius 3 is 2.80 bits per heavy atom. The molecule has 108 valence electrons. The third-order valence-electron chi connectivity index (χ3n) is 3.35. The minimum Gasteiger partial charge on any atom is -0.484 e. The molecule has 0 saturated heterocycles. The Hall–Kier alpha value is -2.04. The molecule has 0 spiro atoms. The minimum absolute atomic E-state index is 0.0693. The van der Waals surface area contributed by atoms with Gasteiger partial charge in [0.1, 0.15) is 11.8 Å². The normalized spacial score (nSPS) is 15.4. The second-order valence-electron chi connectivity index (χ2n) is 5.01. The first-order chi connectivity index (χ1) is 9.60. The largest absolute Gasteiger partial charge is 0.484 e. The summed E-state index contributed by atoms with van der Waals surface area (Å²) in [4.78, 5) is 22.7. The summed E-state index contributed by atoms with van der Waals surface area (Å²) in [6, 6.07) is 6.73. The number of ether oxygens (including phenoxy) is 1. The van der Waals surface area contributed by atoms with Crippen molar-refractivity contribution in [3.8, 4) is 5.75 Å². The van der Waals surface area contributed by atoms with Crippen molar-refractivity contribution in [3.63, 3.8) is 0 Å². The van der Waals surface area contributed by atoms with Crippen LogP contribution in [0.1, 0.15) is 25.3 Å². The van der Waals surface area contributed by atoms with E-state index in [-0.39, 0.29) is 12.5 Å². The highest BCUT2D eigenvalue weighted by Crippen LogP contribution is 2.32. The second kappa shape index (κ2) is 6.41. The molecular weight excluding hydrogens is 258 g/mol. The molecule has 1 atom stereocenters. The molecule has 5 nitrogen and oxygen atoms in total. The number of aryl methyl sites for hydroxylation is 1. The quantitative estimate of drug-likeness (QED) is 0.794. The number of carbonyl (C=O) groups is 2. The van der Waals surface area contributed by atoms with E-state index in [1.54, 1.807) is 6.07 Å². The summed E-state index contributed by atoms with van der Waals surface area (Å²) < 4.78 is 5.39. The monoisotopic (exact) mass is 277 g/mol. The molecule has 1 aromatic rings. The molecule has 1 aliphatic rings. The molecule has 1 fully saturated rings. The summed E-state index contributed by atoms with van der Waals surface area (Å²) in [7, 11) is 0. The van der Waals surface area contributed by atoms with E-state index >= 15 is 0 Å².